The Kier molecular flexibility index (Phi) is 5.30. The van der Waals surface area contributed by atoms with Crippen molar-refractivity contribution in [2.24, 2.45) is 0 Å². The third kappa shape index (κ3) is 4.29. The van der Waals surface area contributed by atoms with Gasteiger partial charge in [0.1, 0.15) is 5.75 Å². The Balaban J connectivity index is 1.51. The first kappa shape index (κ1) is 21.1. The lowest BCUT2D eigenvalue weighted by Crippen LogP contribution is -2.10. The second-order valence-corrected chi connectivity index (χ2v) is 9.76. The first-order valence-corrected chi connectivity index (χ1v) is 11.5. The number of hydrogen-bond donors (Lipinski definition) is 1. The highest BCUT2D eigenvalue weighted by Gasteiger charge is 2.15. The molecule has 0 spiro atoms. The van der Waals surface area contributed by atoms with Crippen LogP contribution in [0.3, 0.4) is 0 Å². The van der Waals surface area contributed by atoms with Gasteiger partial charge in [-0.05, 0) is 57.5 Å². The average Bonchev–Trinajstić information content (AvgIpc) is 3.18. The van der Waals surface area contributed by atoms with Crippen molar-refractivity contribution in [2.75, 3.05) is 0 Å². The van der Waals surface area contributed by atoms with Crippen molar-refractivity contribution in [2.45, 2.75) is 32.7 Å². The summed E-state index contributed by atoms with van der Waals surface area (Å²) in [5.74, 6) is 0.289. The van der Waals surface area contributed by atoms with Crippen molar-refractivity contribution in [1.82, 2.24) is 4.57 Å². The second-order valence-electron chi connectivity index (χ2n) is 9.76. The molecule has 4 aromatic carbocycles. The highest BCUT2D eigenvalue weighted by atomic mass is 16.3. The normalized spacial score (nSPS) is 11.7. The molecule has 5 rings (SSSR count). The summed E-state index contributed by atoms with van der Waals surface area (Å²) >= 11 is 0. The Hall–Kier alpha value is -3.78. The number of aromatic nitrogens is 1. The summed E-state index contributed by atoms with van der Waals surface area (Å²) in [6, 6.07) is 33.7. The minimum Gasteiger partial charge on any atom is -0.508 e. The topological polar surface area (TPSA) is 25.2 Å². The number of rotatable bonds is 4. The third-order valence-corrected chi connectivity index (χ3v) is 6.33. The van der Waals surface area contributed by atoms with Crippen LogP contribution >= 0.6 is 0 Å². The molecule has 0 aliphatic rings. The molecule has 0 radical (unpaired) electrons. The van der Waals surface area contributed by atoms with E-state index < -0.39 is 0 Å². The van der Waals surface area contributed by atoms with Gasteiger partial charge in [-0.2, -0.15) is 0 Å². The first-order chi connectivity index (χ1) is 15.9. The Morgan fingerprint density at radius 1 is 0.697 bits per heavy atom. The van der Waals surface area contributed by atoms with Gasteiger partial charge in [-0.1, -0.05) is 93.6 Å². The highest BCUT2D eigenvalue weighted by Crippen LogP contribution is 2.33. The summed E-state index contributed by atoms with van der Waals surface area (Å²) in [7, 11) is 0. The molecule has 2 heteroatoms. The lowest BCUT2D eigenvalue weighted by Gasteiger charge is -2.19. The monoisotopic (exact) mass is 431 g/mol. The molecule has 1 N–H and O–H groups in total. The van der Waals surface area contributed by atoms with E-state index in [9.17, 15) is 5.11 Å². The number of aromatic hydroxyl groups is 1. The van der Waals surface area contributed by atoms with Gasteiger partial charge in [-0.3, -0.25) is 0 Å². The molecule has 1 aromatic heterocycles. The van der Waals surface area contributed by atoms with E-state index in [4.69, 9.17) is 0 Å². The zero-order valence-electron chi connectivity index (χ0n) is 19.4. The number of benzene rings is 4. The fourth-order valence-corrected chi connectivity index (χ4v) is 4.46. The van der Waals surface area contributed by atoms with E-state index in [1.54, 1.807) is 12.1 Å². The zero-order valence-corrected chi connectivity index (χ0v) is 19.4. The van der Waals surface area contributed by atoms with Gasteiger partial charge >= 0.3 is 0 Å². The summed E-state index contributed by atoms with van der Waals surface area (Å²) in [6.07, 6.45) is 2.28. The SMILES string of the molecule is CC(C)(C)c1ccc(-c2cn(Cc3cccc(-c4ccc(O)cc4)c3)c3ccccc23)cc1. The summed E-state index contributed by atoms with van der Waals surface area (Å²) in [4.78, 5) is 0. The van der Waals surface area contributed by atoms with E-state index in [1.165, 1.54) is 33.2 Å². The molecule has 2 nitrogen and oxygen atoms in total. The predicted octanol–water partition coefficient (Wildman–Crippen LogP) is 8.03. The van der Waals surface area contributed by atoms with Gasteiger partial charge in [0.15, 0.2) is 0 Å². The largest absolute Gasteiger partial charge is 0.508 e. The van der Waals surface area contributed by atoms with E-state index in [2.05, 4.69) is 104 Å². The van der Waals surface area contributed by atoms with Crippen molar-refractivity contribution < 1.29 is 5.11 Å². The molecule has 0 saturated carbocycles. The van der Waals surface area contributed by atoms with Crippen LogP contribution in [0.4, 0.5) is 0 Å². The van der Waals surface area contributed by atoms with Gasteiger partial charge in [0.05, 0.1) is 0 Å². The minimum atomic E-state index is 0.148. The Labute approximate surface area is 195 Å². The van der Waals surface area contributed by atoms with Crippen molar-refractivity contribution in [1.29, 1.82) is 0 Å². The van der Waals surface area contributed by atoms with Crippen LogP contribution in [-0.2, 0) is 12.0 Å². The average molecular weight is 432 g/mol. The molecular formula is C31H29NO. The maximum absolute atomic E-state index is 9.60. The lowest BCUT2D eigenvalue weighted by molar-refractivity contribution is 0.475. The van der Waals surface area contributed by atoms with Gasteiger partial charge in [-0.25, -0.2) is 0 Å². The zero-order chi connectivity index (χ0) is 23.0. The third-order valence-electron chi connectivity index (χ3n) is 6.33. The van der Waals surface area contributed by atoms with E-state index in [0.717, 1.165) is 17.7 Å². The van der Waals surface area contributed by atoms with Crippen molar-refractivity contribution in [3.8, 4) is 28.0 Å². The Morgan fingerprint density at radius 2 is 1.39 bits per heavy atom. The van der Waals surface area contributed by atoms with Crippen LogP contribution in [-0.4, -0.2) is 9.67 Å². The van der Waals surface area contributed by atoms with E-state index in [1.807, 2.05) is 12.1 Å². The molecule has 1 heterocycles. The van der Waals surface area contributed by atoms with Crippen molar-refractivity contribution in [3.05, 3.63) is 114 Å². The summed E-state index contributed by atoms with van der Waals surface area (Å²) in [5.41, 5.74) is 8.75. The van der Waals surface area contributed by atoms with Gasteiger partial charge in [0.2, 0.25) is 0 Å². The number of para-hydroxylation sites is 1. The molecule has 33 heavy (non-hydrogen) atoms. The predicted molar refractivity (Wildman–Crippen MR) is 139 cm³/mol. The molecule has 0 saturated heterocycles. The Morgan fingerprint density at radius 3 is 2.12 bits per heavy atom. The fraction of sp³-hybridized carbons (Fsp3) is 0.161. The van der Waals surface area contributed by atoms with Crippen LogP contribution in [0, 0.1) is 0 Å². The van der Waals surface area contributed by atoms with Gasteiger partial charge in [0.25, 0.3) is 0 Å². The molecule has 0 amide bonds. The van der Waals surface area contributed by atoms with Crippen LogP contribution in [0.5, 0.6) is 5.75 Å². The van der Waals surface area contributed by atoms with Crippen molar-refractivity contribution in [3.63, 3.8) is 0 Å². The number of phenols is 1. The van der Waals surface area contributed by atoms with Crippen LogP contribution in [0.1, 0.15) is 31.9 Å². The summed E-state index contributed by atoms with van der Waals surface area (Å²) in [5, 5.41) is 10.9. The molecule has 0 aliphatic heterocycles. The van der Waals surface area contributed by atoms with Crippen LogP contribution in [0.2, 0.25) is 0 Å². The summed E-state index contributed by atoms with van der Waals surface area (Å²) in [6.45, 7) is 7.55. The van der Waals surface area contributed by atoms with E-state index in [-0.39, 0.29) is 11.2 Å². The van der Waals surface area contributed by atoms with Gasteiger partial charge < -0.3 is 9.67 Å². The van der Waals surface area contributed by atoms with E-state index in [0.29, 0.717) is 0 Å². The summed E-state index contributed by atoms with van der Waals surface area (Å²) < 4.78 is 2.35. The number of hydrogen-bond acceptors (Lipinski definition) is 1. The standard InChI is InChI=1S/C31H29NO/c1-31(2,3)26-15-11-24(12-16-26)29-21-32(30-10-5-4-9-28(29)30)20-22-7-6-8-25(19-22)23-13-17-27(33)18-14-23/h4-19,21,33H,20H2,1-3H3. The van der Waals surface area contributed by atoms with Gasteiger partial charge in [-0.15, -0.1) is 0 Å². The molecule has 0 bridgehead atoms. The molecule has 5 aromatic rings. The first-order valence-electron chi connectivity index (χ1n) is 11.5. The number of phenolic OH excluding ortho intramolecular Hbond substituents is 1. The van der Waals surface area contributed by atoms with Crippen LogP contribution < -0.4 is 0 Å². The molecule has 0 atom stereocenters. The molecule has 164 valence electrons. The molecular weight excluding hydrogens is 402 g/mol. The quantitative estimate of drug-likeness (QED) is 0.306. The lowest BCUT2D eigenvalue weighted by atomic mass is 9.86. The number of nitrogens with zero attached hydrogens (tertiary/aromatic N) is 1. The van der Waals surface area contributed by atoms with Crippen molar-refractivity contribution >= 4 is 10.9 Å². The highest BCUT2D eigenvalue weighted by molar-refractivity contribution is 5.96. The number of fused-ring (bicyclic) bond motifs is 1. The maximum Gasteiger partial charge on any atom is 0.115 e. The Bertz CT molecular complexity index is 1400. The fourth-order valence-electron chi connectivity index (χ4n) is 4.46. The molecule has 0 fully saturated rings. The maximum atomic E-state index is 9.60. The molecule has 0 aliphatic carbocycles. The minimum absolute atomic E-state index is 0.148. The smallest absolute Gasteiger partial charge is 0.115 e. The second kappa shape index (κ2) is 8.29. The van der Waals surface area contributed by atoms with E-state index >= 15 is 0 Å². The molecule has 0 unspecified atom stereocenters. The van der Waals surface area contributed by atoms with Gasteiger partial charge in [0, 0.05) is 29.2 Å². The van der Waals surface area contributed by atoms with Crippen LogP contribution in [0.25, 0.3) is 33.2 Å². The van der Waals surface area contributed by atoms with Crippen LogP contribution in [0.15, 0.2) is 103 Å².